The van der Waals surface area contributed by atoms with Gasteiger partial charge in [-0.15, -0.1) is 0 Å². The number of likely N-dealkylation sites (N-methyl/N-ethyl adjacent to an activating group) is 1. The van der Waals surface area contributed by atoms with E-state index < -0.39 is 4.92 Å². The minimum absolute atomic E-state index is 0.0799. The van der Waals surface area contributed by atoms with Crippen LogP contribution in [0.4, 0.5) is 17.1 Å². The van der Waals surface area contributed by atoms with Gasteiger partial charge < -0.3 is 10.2 Å². The Morgan fingerprint density at radius 3 is 2.48 bits per heavy atom. The molecule has 2 aromatic carbocycles. The number of rotatable bonds is 5. The third kappa shape index (κ3) is 4.12. The molecule has 2 rings (SSSR count). The van der Waals surface area contributed by atoms with Crippen molar-refractivity contribution < 1.29 is 9.72 Å². The number of nitro benzene ring substituents is 1. The number of nitro groups is 1. The first-order valence-electron chi connectivity index (χ1n) is 7.59. The molecule has 128 valence electrons. The summed E-state index contributed by atoms with van der Waals surface area (Å²) in [5.41, 5.74) is 2.98. The van der Waals surface area contributed by atoms with Gasteiger partial charge in [0.05, 0.1) is 23.1 Å². The second-order valence-electron chi connectivity index (χ2n) is 5.74. The van der Waals surface area contributed by atoms with Crippen LogP contribution in [0.25, 0.3) is 0 Å². The predicted octanol–water partition coefficient (Wildman–Crippen LogP) is 3.16. The van der Waals surface area contributed by atoms with Gasteiger partial charge in [0.1, 0.15) is 5.69 Å². The number of anilines is 2. The standard InChI is InChI=1S/C18H18N4O3/c1-12-5-4-6-13(2)18(12)20-17(23)11-21(3)16-9-14(10-19)7-8-15(16)22(24)25/h4-9H,11H2,1-3H3,(H,20,23). The monoisotopic (exact) mass is 338 g/mol. The molecule has 0 aromatic heterocycles. The van der Waals surface area contributed by atoms with Crippen molar-refractivity contribution in [1.82, 2.24) is 0 Å². The number of carbonyl (C=O) groups is 1. The third-order valence-corrected chi connectivity index (χ3v) is 3.84. The van der Waals surface area contributed by atoms with E-state index in [0.29, 0.717) is 5.56 Å². The second-order valence-corrected chi connectivity index (χ2v) is 5.74. The van der Waals surface area contributed by atoms with Gasteiger partial charge in [-0.2, -0.15) is 5.26 Å². The molecule has 0 aliphatic heterocycles. The summed E-state index contributed by atoms with van der Waals surface area (Å²) in [5, 5.41) is 23.0. The van der Waals surface area contributed by atoms with Crippen LogP contribution < -0.4 is 10.2 Å². The van der Waals surface area contributed by atoms with Crippen LogP contribution in [0.2, 0.25) is 0 Å². The summed E-state index contributed by atoms with van der Waals surface area (Å²) in [6, 6.07) is 11.7. The van der Waals surface area contributed by atoms with Gasteiger partial charge in [0, 0.05) is 18.8 Å². The number of aryl methyl sites for hydroxylation is 2. The van der Waals surface area contributed by atoms with Gasteiger partial charge in [-0.05, 0) is 37.1 Å². The summed E-state index contributed by atoms with van der Waals surface area (Å²) in [5.74, 6) is -0.295. The van der Waals surface area contributed by atoms with Crippen molar-refractivity contribution >= 4 is 23.0 Å². The molecule has 0 radical (unpaired) electrons. The molecule has 7 nitrogen and oxygen atoms in total. The number of para-hydroxylation sites is 1. The summed E-state index contributed by atoms with van der Waals surface area (Å²) in [6.45, 7) is 3.71. The van der Waals surface area contributed by atoms with Crippen LogP contribution in [0.1, 0.15) is 16.7 Å². The Bertz CT molecular complexity index is 851. The summed E-state index contributed by atoms with van der Waals surface area (Å²) in [6.07, 6.45) is 0. The number of benzene rings is 2. The van der Waals surface area contributed by atoms with Crippen LogP contribution in [-0.2, 0) is 4.79 Å². The van der Waals surface area contributed by atoms with Crippen molar-refractivity contribution in [1.29, 1.82) is 5.26 Å². The highest BCUT2D eigenvalue weighted by atomic mass is 16.6. The van der Waals surface area contributed by atoms with Crippen molar-refractivity contribution in [2.24, 2.45) is 0 Å². The van der Waals surface area contributed by atoms with Gasteiger partial charge in [0.25, 0.3) is 5.69 Å². The molecule has 0 saturated heterocycles. The Labute approximate surface area is 145 Å². The van der Waals surface area contributed by atoms with E-state index in [9.17, 15) is 14.9 Å². The average Bonchev–Trinajstić information content (AvgIpc) is 2.57. The molecule has 0 saturated carbocycles. The number of nitriles is 1. The van der Waals surface area contributed by atoms with E-state index in [1.165, 1.54) is 23.1 Å². The number of carbonyl (C=O) groups excluding carboxylic acids is 1. The molecule has 0 aliphatic carbocycles. The first kappa shape index (κ1) is 17.9. The maximum absolute atomic E-state index is 12.3. The highest BCUT2D eigenvalue weighted by Gasteiger charge is 2.20. The third-order valence-electron chi connectivity index (χ3n) is 3.84. The van der Waals surface area contributed by atoms with Crippen molar-refractivity contribution in [3.05, 3.63) is 63.2 Å². The van der Waals surface area contributed by atoms with E-state index in [0.717, 1.165) is 16.8 Å². The van der Waals surface area contributed by atoms with Gasteiger partial charge in [0.2, 0.25) is 5.91 Å². The van der Waals surface area contributed by atoms with Crippen LogP contribution >= 0.6 is 0 Å². The first-order valence-corrected chi connectivity index (χ1v) is 7.59. The first-order chi connectivity index (χ1) is 11.8. The zero-order valence-corrected chi connectivity index (χ0v) is 14.2. The number of nitrogens with one attached hydrogen (secondary N) is 1. The van der Waals surface area contributed by atoms with Gasteiger partial charge in [-0.25, -0.2) is 0 Å². The summed E-state index contributed by atoms with van der Waals surface area (Å²) in [7, 11) is 1.58. The Morgan fingerprint density at radius 1 is 1.28 bits per heavy atom. The van der Waals surface area contributed by atoms with Gasteiger partial charge in [0.15, 0.2) is 0 Å². The van der Waals surface area contributed by atoms with Crippen molar-refractivity contribution in [2.75, 3.05) is 23.8 Å². The van der Waals surface area contributed by atoms with E-state index >= 15 is 0 Å². The van der Waals surface area contributed by atoms with E-state index in [2.05, 4.69) is 5.32 Å². The van der Waals surface area contributed by atoms with Gasteiger partial charge in [-0.1, -0.05) is 18.2 Å². The minimum atomic E-state index is -0.531. The summed E-state index contributed by atoms with van der Waals surface area (Å²) in [4.78, 5) is 24.5. The second kappa shape index (κ2) is 7.45. The quantitative estimate of drug-likeness (QED) is 0.667. The number of hydrogen-bond acceptors (Lipinski definition) is 5. The molecule has 0 unspecified atom stereocenters. The SMILES string of the molecule is Cc1cccc(C)c1NC(=O)CN(C)c1cc(C#N)ccc1[N+](=O)[O-]. The molecule has 25 heavy (non-hydrogen) atoms. The van der Waals surface area contributed by atoms with Crippen LogP contribution in [0.3, 0.4) is 0 Å². The Balaban J connectivity index is 2.22. The molecule has 7 heteroatoms. The minimum Gasteiger partial charge on any atom is -0.360 e. The lowest BCUT2D eigenvalue weighted by Gasteiger charge is -2.20. The fourth-order valence-corrected chi connectivity index (χ4v) is 2.54. The van der Waals surface area contributed by atoms with Gasteiger partial charge >= 0.3 is 0 Å². The highest BCUT2D eigenvalue weighted by Crippen LogP contribution is 2.28. The predicted molar refractivity (Wildman–Crippen MR) is 95.6 cm³/mol. The fraction of sp³-hybridized carbons (Fsp3) is 0.222. The summed E-state index contributed by atoms with van der Waals surface area (Å²) >= 11 is 0. The zero-order valence-electron chi connectivity index (χ0n) is 14.2. The molecule has 0 spiro atoms. The van der Waals surface area contributed by atoms with Crippen LogP contribution in [0, 0.1) is 35.3 Å². The summed E-state index contributed by atoms with van der Waals surface area (Å²) < 4.78 is 0. The van der Waals surface area contributed by atoms with Crippen molar-refractivity contribution in [2.45, 2.75) is 13.8 Å². The molecule has 2 aromatic rings. The molecular weight excluding hydrogens is 320 g/mol. The van der Waals surface area contributed by atoms with E-state index in [1.54, 1.807) is 7.05 Å². The molecule has 0 heterocycles. The lowest BCUT2D eigenvalue weighted by molar-refractivity contribution is -0.384. The number of amides is 1. The molecule has 0 atom stereocenters. The van der Waals surface area contributed by atoms with Crippen molar-refractivity contribution in [3.63, 3.8) is 0 Å². The zero-order chi connectivity index (χ0) is 18.6. The molecule has 1 amide bonds. The van der Waals surface area contributed by atoms with Crippen LogP contribution in [0.15, 0.2) is 36.4 Å². The van der Waals surface area contributed by atoms with Crippen LogP contribution in [0.5, 0.6) is 0 Å². The van der Waals surface area contributed by atoms with Gasteiger partial charge in [-0.3, -0.25) is 14.9 Å². The maximum Gasteiger partial charge on any atom is 0.292 e. The Hall–Kier alpha value is -3.40. The molecular formula is C18H18N4O3. The molecule has 0 aliphatic rings. The largest absolute Gasteiger partial charge is 0.360 e. The smallest absolute Gasteiger partial charge is 0.292 e. The normalized spacial score (nSPS) is 10.0. The highest BCUT2D eigenvalue weighted by molar-refractivity contribution is 5.95. The molecule has 0 fully saturated rings. The molecule has 1 N–H and O–H groups in total. The van der Waals surface area contributed by atoms with E-state index in [1.807, 2.05) is 38.1 Å². The molecule has 0 bridgehead atoms. The Morgan fingerprint density at radius 2 is 1.92 bits per heavy atom. The number of nitrogens with zero attached hydrogens (tertiary/aromatic N) is 3. The van der Waals surface area contributed by atoms with E-state index in [-0.39, 0.29) is 23.8 Å². The van der Waals surface area contributed by atoms with Crippen LogP contribution in [-0.4, -0.2) is 24.4 Å². The number of hydrogen-bond donors (Lipinski definition) is 1. The van der Waals surface area contributed by atoms with Crippen molar-refractivity contribution in [3.8, 4) is 6.07 Å². The topological polar surface area (TPSA) is 99.3 Å². The Kier molecular flexibility index (Phi) is 5.35. The lowest BCUT2D eigenvalue weighted by Crippen LogP contribution is -2.31. The van der Waals surface area contributed by atoms with E-state index in [4.69, 9.17) is 5.26 Å². The lowest BCUT2D eigenvalue weighted by atomic mass is 10.1. The average molecular weight is 338 g/mol. The maximum atomic E-state index is 12.3. The fourth-order valence-electron chi connectivity index (χ4n) is 2.54.